The first-order chi connectivity index (χ1) is 7.16. The van der Waals surface area contributed by atoms with Crippen molar-refractivity contribution in [2.75, 3.05) is 12.9 Å². The van der Waals surface area contributed by atoms with Crippen LogP contribution in [-0.2, 0) is 19.4 Å². The summed E-state index contributed by atoms with van der Waals surface area (Å²) in [4.78, 5) is 10.8. The van der Waals surface area contributed by atoms with Gasteiger partial charge in [-0.2, -0.15) is 0 Å². The third-order valence-corrected chi connectivity index (χ3v) is 4.80. The van der Waals surface area contributed by atoms with Crippen LogP contribution in [0.3, 0.4) is 0 Å². The van der Waals surface area contributed by atoms with Crippen LogP contribution in [0.15, 0.2) is 0 Å². The molecule has 0 rings (SSSR count). The molecule has 0 aromatic rings. The SMILES string of the molecule is CCC(C(=O)O)S(=O)(=O)CCC(C)(C)OC. The van der Waals surface area contributed by atoms with E-state index in [2.05, 4.69) is 0 Å². The molecule has 0 aliphatic carbocycles. The minimum absolute atomic E-state index is 0.0884. The van der Waals surface area contributed by atoms with Gasteiger partial charge in [0.05, 0.1) is 11.4 Å². The Kier molecular flexibility index (Phi) is 5.41. The van der Waals surface area contributed by atoms with Crippen LogP contribution in [0, 0.1) is 0 Å². The Bertz CT molecular complexity index is 331. The van der Waals surface area contributed by atoms with Crippen molar-refractivity contribution in [3.05, 3.63) is 0 Å². The number of carboxylic acid groups (broad SMARTS) is 1. The standard InChI is InChI=1S/C10H20O5S/c1-5-8(9(11)12)16(13,14)7-6-10(2,3)15-4/h8H,5-7H2,1-4H3,(H,11,12). The molecule has 0 saturated heterocycles. The number of aliphatic carboxylic acids is 1. The predicted octanol–water partition coefficient (Wildman–Crippen LogP) is 1.08. The maximum Gasteiger partial charge on any atom is 0.321 e. The van der Waals surface area contributed by atoms with E-state index in [0.29, 0.717) is 0 Å². The highest BCUT2D eigenvalue weighted by Gasteiger charge is 2.32. The second-order valence-corrected chi connectivity index (χ2v) is 6.62. The summed E-state index contributed by atoms with van der Waals surface area (Å²) >= 11 is 0. The van der Waals surface area contributed by atoms with Crippen molar-refractivity contribution in [3.8, 4) is 0 Å². The van der Waals surface area contributed by atoms with Crippen molar-refractivity contribution in [1.29, 1.82) is 0 Å². The number of carbonyl (C=O) groups is 1. The number of rotatable bonds is 7. The first-order valence-corrected chi connectivity index (χ1v) is 6.87. The zero-order chi connectivity index (χ0) is 13.0. The largest absolute Gasteiger partial charge is 0.480 e. The van der Waals surface area contributed by atoms with Crippen LogP contribution in [0.25, 0.3) is 0 Å². The molecular weight excluding hydrogens is 232 g/mol. The van der Waals surface area contributed by atoms with Crippen LogP contribution >= 0.6 is 0 Å². The Hall–Kier alpha value is -0.620. The van der Waals surface area contributed by atoms with Gasteiger partial charge in [-0.25, -0.2) is 8.42 Å². The molecule has 0 radical (unpaired) electrons. The second-order valence-electron chi connectivity index (χ2n) is 4.32. The number of carboxylic acids is 1. The fourth-order valence-corrected chi connectivity index (χ4v) is 3.09. The number of sulfone groups is 1. The lowest BCUT2D eigenvalue weighted by Crippen LogP contribution is -2.34. The van der Waals surface area contributed by atoms with E-state index in [9.17, 15) is 13.2 Å². The summed E-state index contributed by atoms with van der Waals surface area (Å²) in [5.41, 5.74) is -0.552. The molecule has 1 atom stereocenters. The minimum Gasteiger partial charge on any atom is -0.480 e. The molecule has 0 saturated carbocycles. The highest BCUT2D eigenvalue weighted by molar-refractivity contribution is 7.92. The van der Waals surface area contributed by atoms with E-state index in [-0.39, 0.29) is 18.6 Å². The number of hydrogen-bond donors (Lipinski definition) is 1. The Labute approximate surface area is 96.7 Å². The zero-order valence-corrected chi connectivity index (χ0v) is 11.0. The van der Waals surface area contributed by atoms with Crippen molar-refractivity contribution in [1.82, 2.24) is 0 Å². The van der Waals surface area contributed by atoms with Gasteiger partial charge in [-0.3, -0.25) is 4.79 Å². The van der Waals surface area contributed by atoms with Crippen molar-refractivity contribution in [2.24, 2.45) is 0 Å². The number of ether oxygens (including phenoxy) is 1. The molecule has 1 N–H and O–H groups in total. The maximum absolute atomic E-state index is 11.7. The van der Waals surface area contributed by atoms with E-state index >= 15 is 0 Å². The Balaban J connectivity index is 4.64. The molecule has 0 fully saturated rings. The Morgan fingerprint density at radius 3 is 2.25 bits per heavy atom. The molecule has 0 amide bonds. The van der Waals surface area contributed by atoms with Crippen LogP contribution in [0.2, 0.25) is 0 Å². The summed E-state index contributed by atoms with van der Waals surface area (Å²) in [6, 6.07) is 0. The van der Waals surface area contributed by atoms with Crippen molar-refractivity contribution >= 4 is 15.8 Å². The highest BCUT2D eigenvalue weighted by Crippen LogP contribution is 2.17. The summed E-state index contributed by atoms with van der Waals surface area (Å²) in [6.45, 7) is 5.09. The van der Waals surface area contributed by atoms with E-state index in [1.807, 2.05) is 0 Å². The summed E-state index contributed by atoms with van der Waals surface area (Å²) in [7, 11) is -2.09. The molecule has 16 heavy (non-hydrogen) atoms. The number of methoxy groups -OCH3 is 1. The first kappa shape index (κ1) is 15.4. The lowest BCUT2D eigenvalue weighted by atomic mass is 10.1. The van der Waals surface area contributed by atoms with Crippen LogP contribution in [0.1, 0.15) is 33.6 Å². The van der Waals surface area contributed by atoms with Gasteiger partial charge in [-0.1, -0.05) is 6.92 Å². The fourth-order valence-electron chi connectivity index (χ4n) is 1.21. The maximum atomic E-state index is 11.7. The van der Waals surface area contributed by atoms with Gasteiger partial charge in [0.25, 0.3) is 0 Å². The molecule has 0 aromatic carbocycles. The first-order valence-electron chi connectivity index (χ1n) is 5.16. The average molecular weight is 252 g/mol. The molecule has 0 aromatic heterocycles. The quantitative estimate of drug-likeness (QED) is 0.733. The zero-order valence-electron chi connectivity index (χ0n) is 10.2. The lowest BCUT2D eigenvalue weighted by Gasteiger charge is -2.23. The van der Waals surface area contributed by atoms with Gasteiger partial charge >= 0.3 is 5.97 Å². The van der Waals surface area contributed by atoms with E-state index in [4.69, 9.17) is 9.84 Å². The highest BCUT2D eigenvalue weighted by atomic mass is 32.2. The Morgan fingerprint density at radius 1 is 1.44 bits per heavy atom. The van der Waals surface area contributed by atoms with Gasteiger partial charge in [0.1, 0.15) is 0 Å². The van der Waals surface area contributed by atoms with Gasteiger partial charge in [0, 0.05) is 7.11 Å². The van der Waals surface area contributed by atoms with Gasteiger partial charge in [-0.15, -0.1) is 0 Å². The molecule has 6 heteroatoms. The Morgan fingerprint density at radius 2 is 1.94 bits per heavy atom. The van der Waals surface area contributed by atoms with Crippen LogP contribution in [-0.4, -0.2) is 43.2 Å². The van der Waals surface area contributed by atoms with Crippen LogP contribution in [0.4, 0.5) is 0 Å². The molecule has 0 aliphatic rings. The summed E-state index contributed by atoms with van der Waals surface area (Å²) in [5.74, 6) is -1.45. The minimum atomic E-state index is -3.59. The topological polar surface area (TPSA) is 80.7 Å². The summed E-state index contributed by atoms with van der Waals surface area (Å²) in [6.07, 6.45) is 0.376. The third-order valence-electron chi connectivity index (χ3n) is 2.62. The van der Waals surface area contributed by atoms with E-state index in [0.717, 1.165) is 0 Å². The summed E-state index contributed by atoms with van der Waals surface area (Å²) < 4.78 is 28.6. The predicted molar refractivity (Wildman–Crippen MR) is 61.2 cm³/mol. The normalized spacial score (nSPS) is 14.8. The fraction of sp³-hybridized carbons (Fsp3) is 0.900. The van der Waals surface area contributed by atoms with E-state index in [1.165, 1.54) is 7.11 Å². The second kappa shape index (κ2) is 5.63. The van der Waals surface area contributed by atoms with Gasteiger partial charge in [0.15, 0.2) is 15.1 Å². The van der Waals surface area contributed by atoms with Crippen LogP contribution in [0.5, 0.6) is 0 Å². The molecule has 0 aliphatic heterocycles. The molecule has 0 spiro atoms. The van der Waals surface area contributed by atoms with Crippen LogP contribution < -0.4 is 0 Å². The molecule has 0 heterocycles. The average Bonchev–Trinajstić information content (AvgIpc) is 2.15. The van der Waals surface area contributed by atoms with Crippen molar-refractivity contribution in [2.45, 2.75) is 44.5 Å². The molecule has 5 nitrogen and oxygen atoms in total. The molecular formula is C10H20O5S. The van der Waals surface area contributed by atoms with Crippen molar-refractivity contribution in [3.63, 3.8) is 0 Å². The van der Waals surface area contributed by atoms with Gasteiger partial charge in [-0.05, 0) is 26.7 Å². The smallest absolute Gasteiger partial charge is 0.321 e. The van der Waals surface area contributed by atoms with Gasteiger partial charge < -0.3 is 9.84 Å². The summed E-state index contributed by atoms with van der Waals surface area (Å²) in [5, 5.41) is 7.48. The van der Waals surface area contributed by atoms with Crippen molar-refractivity contribution < 1.29 is 23.1 Å². The van der Waals surface area contributed by atoms with E-state index in [1.54, 1.807) is 20.8 Å². The lowest BCUT2D eigenvalue weighted by molar-refractivity contribution is -0.136. The molecule has 1 unspecified atom stereocenters. The van der Waals surface area contributed by atoms with Gasteiger partial charge in [0.2, 0.25) is 0 Å². The monoisotopic (exact) mass is 252 g/mol. The number of hydrogen-bond acceptors (Lipinski definition) is 4. The third kappa shape index (κ3) is 4.49. The molecule has 0 bridgehead atoms. The molecule has 96 valence electrons. The van der Waals surface area contributed by atoms with E-state index < -0.39 is 26.7 Å².